The first-order valence-corrected chi connectivity index (χ1v) is 11.0. The first-order valence-electron chi connectivity index (χ1n) is 9.77. The van der Waals surface area contributed by atoms with Crippen molar-refractivity contribution in [3.63, 3.8) is 0 Å². The molecule has 29 heavy (non-hydrogen) atoms. The fraction of sp³-hybridized carbons (Fsp3) is 0.429. The van der Waals surface area contributed by atoms with Gasteiger partial charge >= 0.3 is 0 Å². The van der Waals surface area contributed by atoms with E-state index < -0.39 is 0 Å². The molecule has 4 rings (SSSR count). The Labute approximate surface area is 179 Å². The lowest BCUT2D eigenvalue weighted by Crippen LogP contribution is -2.04. The highest BCUT2D eigenvalue weighted by atomic mass is 35.5. The van der Waals surface area contributed by atoms with E-state index in [1.54, 1.807) is 25.6 Å². The van der Waals surface area contributed by atoms with E-state index in [1.807, 2.05) is 19.1 Å². The Hall–Kier alpha value is -2.25. The van der Waals surface area contributed by atoms with Crippen molar-refractivity contribution in [1.82, 2.24) is 14.8 Å². The highest BCUT2D eigenvalue weighted by molar-refractivity contribution is 7.19. The number of aryl methyl sites for hydroxylation is 1. The molecule has 8 heteroatoms. The Morgan fingerprint density at radius 3 is 2.72 bits per heavy atom. The molecule has 0 aliphatic heterocycles. The summed E-state index contributed by atoms with van der Waals surface area (Å²) < 4.78 is 12.8. The number of aromatic nitrogens is 3. The fourth-order valence-electron chi connectivity index (χ4n) is 3.78. The smallest absolute Gasteiger partial charge is 0.183 e. The number of methoxy groups -OCH3 is 2. The van der Waals surface area contributed by atoms with Gasteiger partial charge in [-0.05, 0) is 37.5 Å². The lowest BCUT2D eigenvalue weighted by Gasteiger charge is -2.13. The van der Waals surface area contributed by atoms with E-state index in [-0.39, 0.29) is 0 Å². The summed E-state index contributed by atoms with van der Waals surface area (Å²) in [6.07, 6.45) is 7.14. The number of hydrogen-bond acceptors (Lipinski definition) is 6. The zero-order valence-electron chi connectivity index (χ0n) is 16.9. The summed E-state index contributed by atoms with van der Waals surface area (Å²) in [7, 11) is 3.18. The van der Waals surface area contributed by atoms with Gasteiger partial charge in [-0.1, -0.05) is 41.8 Å². The van der Waals surface area contributed by atoms with Gasteiger partial charge in [-0.2, -0.15) is 5.10 Å². The number of rotatable bonds is 7. The van der Waals surface area contributed by atoms with Crippen molar-refractivity contribution in [2.24, 2.45) is 0 Å². The summed E-state index contributed by atoms with van der Waals surface area (Å²) in [6.45, 7) is 2.57. The number of halogens is 1. The summed E-state index contributed by atoms with van der Waals surface area (Å²) >= 11 is 8.10. The van der Waals surface area contributed by atoms with Gasteiger partial charge in [0, 0.05) is 12.7 Å². The second kappa shape index (κ2) is 8.63. The quantitative estimate of drug-likeness (QED) is 0.517. The second-order valence-corrected chi connectivity index (χ2v) is 8.56. The molecule has 2 heterocycles. The SMILES string of the molecule is COc1ccc(CNc2nc(C)c(-c3ccn(C4CCCC4)n3)s2)c(Cl)c1OC. The summed E-state index contributed by atoms with van der Waals surface area (Å²) in [5.74, 6) is 1.16. The van der Waals surface area contributed by atoms with E-state index in [0.29, 0.717) is 29.1 Å². The molecule has 154 valence electrons. The Morgan fingerprint density at radius 1 is 1.21 bits per heavy atom. The van der Waals surface area contributed by atoms with Crippen LogP contribution in [0.2, 0.25) is 5.02 Å². The molecule has 6 nitrogen and oxygen atoms in total. The summed E-state index contributed by atoms with van der Waals surface area (Å²) in [6, 6.07) is 6.42. The van der Waals surface area contributed by atoms with Gasteiger partial charge in [-0.25, -0.2) is 4.98 Å². The van der Waals surface area contributed by atoms with Crippen molar-refractivity contribution in [2.75, 3.05) is 19.5 Å². The molecular formula is C21H25ClN4O2S. The van der Waals surface area contributed by atoms with Gasteiger partial charge in [0.25, 0.3) is 0 Å². The highest BCUT2D eigenvalue weighted by Crippen LogP contribution is 2.38. The summed E-state index contributed by atoms with van der Waals surface area (Å²) in [5, 5.41) is 9.58. The van der Waals surface area contributed by atoms with Crippen LogP contribution in [0, 0.1) is 6.92 Å². The third kappa shape index (κ3) is 4.07. The summed E-state index contributed by atoms with van der Waals surface area (Å²) in [5.41, 5.74) is 2.89. The summed E-state index contributed by atoms with van der Waals surface area (Å²) in [4.78, 5) is 5.77. The van der Waals surface area contributed by atoms with Gasteiger partial charge < -0.3 is 14.8 Å². The van der Waals surface area contributed by atoms with Crippen LogP contribution in [0.25, 0.3) is 10.6 Å². The third-order valence-electron chi connectivity index (χ3n) is 5.33. The zero-order chi connectivity index (χ0) is 20.4. The van der Waals surface area contributed by atoms with Crippen molar-refractivity contribution < 1.29 is 9.47 Å². The number of thiazole rings is 1. The molecule has 1 saturated carbocycles. The van der Waals surface area contributed by atoms with Gasteiger partial charge in [0.05, 0.1) is 35.9 Å². The lowest BCUT2D eigenvalue weighted by molar-refractivity contribution is 0.355. The largest absolute Gasteiger partial charge is 0.493 e. The van der Waals surface area contributed by atoms with Crippen LogP contribution in [0.3, 0.4) is 0 Å². The molecule has 1 N–H and O–H groups in total. The molecule has 0 atom stereocenters. The first-order chi connectivity index (χ1) is 14.1. The maximum Gasteiger partial charge on any atom is 0.183 e. The molecule has 0 bridgehead atoms. The van der Waals surface area contributed by atoms with Crippen molar-refractivity contribution >= 4 is 28.1 Å². The van der Waals surface area contributed by atoms with Crippen LogP contribution in [-0.4, -0.2) is 29.0 Å². The number of benzene rings is 1. The van der Waals surface area contributed by atoms with Gasteiger partial charge in [0.2, 0.25) is 0 Å². The van der Waals surface area contributed by atoms with Crippen LogP contribution in [-0.2, 0) is 6.54 Å². The molecule has 1 aliphatic carbocycles. The van der Waals surface area contributed by atoms with Crippen LogP contribution in [0.15, 0.2) is 24.4 Å². The normalized spacial score (nSPS) is 14.3. The molecular weight excluding hydrogens is 408 g/mol. The number of hydrogen-bond donors (Lipinski definition) is 1. The third-order valence-corrected chi connectivity index (χ3v) is 6.88. The van der Waals surface area contributed by atoms with E-state index in [1.165, 1.54) is 25.7 Å². The maximum atomic E-state index is 6.48. The van der Waals surface area contributed by atoms with Gasteiger partial charge in [0.15, 0.2) is 16.6 Å². The zero-order valence-corrected chi connectivity index (χ0v) is 18.4. The number of ether oxygens (including phenoxy) is 2. The highest BCUT2D eigenvalue weighted by Gasteiger charge is 2.20. The molecule has 0 unspecified atom stereocenters. The standard InChI is InChI=1S/C21H25ClN4O2S/c1-13-20(16-10-11-26(25-16)15-6-4-5-7-15)29-21(24-13)23-12-14-8-9-17(27-2)19(28-3)18(14)22/h8-11,15H,4-7,12H2,1-3H3,(H,23,24). The van der Waals surface area contributed by atoms with E-state index in [4.69, 9.17) is 26.2 Å². The number of nitrogens with one attached hydrogen (secondary N) is 1. The first kappa shape index (κ1) is 20.0. The van der Waals surface area contributed by atoms with Crippen LogP contribution in [0.1, 0.15) is 43.0 Å². The minimum absolute atomic E-state index is 0.543. The second-order valence-electron chi connectivity index (χ2n) is 7.18. The van der Waals surface area contributed by atoms with Crippen molar-refractivity contribution in [2.45, 2.75) is 45.2 Å². The average molecular weight is 433 g/mol. The Bertz CT molecular complexity index is 995. The molecule has 3 aromatic rings. The van der Waals surface area contributed by atoms with Gasteiger partial charge in [-0.15, -0.1) is 0 Å². The van der Waals surface area contributed by atoms with Gasteiger partial charge in [-0.3, -0.25) is 4.68 Å². The molecule has 2 aromatic heterocycles. The van der Waals surface area contributed by atoms with Crippen LogP contribution in [0.4, 0.5) is 5.13 Å². The Balaban J connectivity index is 1.49. The molecule has 0 radical (unpaired) electrons. The van der Waals surface area contributed by atoms with Crippen molar-refractivity contribution in [1.29, 1.82) is 0 Å². The predicted octanol–water partition coefficient (Wildman–Crippen LogP) is 5.71. The van der Waals surface area contributed by atoms with E-state index in [2.05, 4.69) is 27.2 Å². The average Bonchev–Trinajstić information content (AvgIpc) is 3.47. The van der Waals surface area contributed by atoms with E-state index in [0.717, 1.165) is 27.0 Å². The monoisotopic (exact) mass is 432 g/mol. The maximum absolute atomic E-state index is 6.48. The fourth-order valence-corrected chi connectivity index (χ4v) is 5.01. The number of anilines is 1. The van der Waals surface area contributed by atoms with Crippen LogP contribution >= 0.6 is 22.9 Å². The molecule has 1 aliphatic rings. The van der Waals surface area contributed by atoms with Crippen molar-refractivity contribution in [3.8, 4) is 22.1 Å². The Morgan fingerprint density at radius 2 is 2.00 bits per heavy atom. The van der Waals surface area contributed by atoms with Crippen molar-refractivity contribution in [3.05, 3.63) is 40.7 Å². The molecule has 1 fully saturated rings. The minimum atomic E-state index is 0.543. The predicted molar refractivity (Wildman–Crippen MR) is 117 cm³/mol. The lowest BCUT2D eigenvalue weighted by atomic mass is 10.2. The number of nitrogens with zero attached hydrogens (tertiary/aromatic N) is 3. The van der Waals surface area contributed by atoms with Crippen LogP contribution in [0.5, 0.6) is 11.5 Å². The molecule has 0 spiro atoms. The van der Waals surface area contributed by atoms with E-state index in [9.17, 15) is 0 Å². The molecule has 0 saturated heterocycles. The molecule has 0 amide bonds. The minimum Gasteiger partial charge on any atom is -0.493 e. The molecule has 1 aromatic carbocycles. The Kier molecular flexibility index (Phi) is 5.96. The van der Waals surface area contributed by atoms with Gasteiger partial charge in [0.1, 0.15) is 5.69 Å². The van der Waals surface area contributed by atoms with Crippen LogP contribution < -0.4 is 14.8 Å². The topological polar surface area (TPSA) is 61.2 Å². The van der Waals surface area contributed by atoms with E-state index >= 15 is 0 Å².